The lowest BCUT2D eigenvalue weighted by molar-refractivity contribution is -0.192. The van der Waals surface area contributed by atoms with Crippen LogP contribution < -0.4 is 11.1 Å². The normalized spacial score (nSPS) is 26.6. The van der Waals surface area contributed by atoms with E-state index >= 15 is 0 Å². The number of nitrogens with two attached hydrogens (primary N) is 1. The molecule has 0 bridgehead atoms. The van der Waals surface area contributed by atoms with Gasteiger partial charge in [-0.15, -0.1) is 0 Å². The zero-order valence-electron chi connectivity index (χ0n) is 23.2. The van der Waals surface area contributed by atoms with Gasteiger partial charge in [0, 0.05) is 13.1 Å². The quantitative estimate of drug-likeness (QED) is 0.315. The lowest BCUT2D eigenvalue weighted by Gasteiger charge is -2.28. The molecule has 3 fully saturated rings. The minimum atomic E-state index is -5.08. The molecule has 3 aliphatic heterocycles. The molecule has 0 aromatic carbocycles. The number of aliphatic carboxylic acids is 1. The number of nitriles is 1. The predicted molar refractivity (Wildman–Crippen MR) is 135 cm³/mol. The van der Waals surface area contributed by atoms with Crippen LogP contribution >= 0.6 is 0 Å². The number of esters is 2. The molecule has 19 heteroatoms. The van der Waals surface area contributed by atoms with E-state index in [1.54, 1.807) is 19.9 Å². The number of carbonyl (C=O) groups excluding carboxylic acids is 3. The van der Waals surface area contributed by atoms with E-state index in [-0.39, 0.29) is 30.5 Å². The molecule has 0 aliphatic carbocycles. The molecule has 0 amide bonds. The Labute approximate surface area is 246 Å². The average Bonchev–Trinajstić information content (AvgIpc) is 3.45. The Morgan fingerprint density at radius 1 is 1.23 bits per heavy atom. The highest BCUT2D eigenvalue weighted by Crippen LogP contribution is 2.45. The van der Waals surface area contributed by atoms with Crippen LogP contribution in [0.4, 0.5) is 23.8 Å². The van der Waals surface area contributed by atoms with Crippen LogP contribution in [0.2, 0.25) is 0 Å². The number of nitrogen functional groups attached to an aromatic ring is 1. The van der Waals surface area contributed by atoms with Crippen LogP contribution in [0.3, 0.4) is 0 Å². The summed E-state index contributed by atoms with van der Waals surface area (Å²) in [5.41, 5.74) is 3.77. The fourth-order valence-corrected chi connectivity index (χ4v) is 4.69. The van der Waals surface area contributed by atoms with Crippen LogP contribution in [0.1, 0.15) is 32.4 Å². The number of rotatable bonds is 4. The van der Waals surface area contributed by atoms with Gasteiger partial charge < -0.3 is 39.8 Å². The summed E-state index contributed by atoms with van der Waals surface area (Å²) in [7, 11) is 0. The van der Waals surface area contributed by atoms with Crippen LogP contribution in [-0.4, -0.2) is 94.1 Å². The molecule has 4 atom stereocenters. The molecule has 0 unspecified atom stereocenters. The molecule has 2 aromatic heterocycles. The Balaban J connectivity index is 0.000000566. The third-order valence-corrected chi connectivity index (χ3v) is 6.82. The van der Waals surface area contributed by atoms with Gasteiger partial charge in [-0.25, -0.2) is 19.1 Å². The topological polar surface area (TPSA) is 227 Å². The highest BCUT2D eigenvalue weighted by molar-refractivity contribution is 5.76. The van der Waals surface area contributed by atoms with Crippen LogP contribution in [0.5, 0.6) is 0 Å². The van der Waals surface area contributed by atoms with Gasteiger partial charge in [-0.2, -0.15) is 23.5 Å². The number of carboxylic acid groups (broad SMARTS) is 1. The van der Waals surface area contributed by atoms with Gasteiger partial charge in [-0.3, -0.25) is 9.59 Å². The molecule has 4 N–H and O–H groups in total. The van der Waals surface area contributed by atoms with E-state index in [1.165, 1.54) is 16.9 Å². The van der Waals surface area contributed by atoms with Crippen molar-refractivity contribution < 1.29 is 61.1 Å². The molecular weight excluding hydrogens is 601 g/mol. The molecule has 0 spiro atoms. The minimum Gasteiger partial charge on any atom is -0.475 e. The zero-order chi connectivity index (χ0) is 32.4. The summed E-state index contributed by atoms with van der Waals surface area (Å²) >= 11 is 0. The third-order valence-electron chi connectivity index (χ3n) is 6.82. The minimum absolute atomic E-state index is 0.0764. The van der Waals surface area contributed by atoms with Gasteiger partial charge in [0.25, 0.3) is 0 Å². The van der Waals surface area contributed by atoms with Gasteiger partial charge in [0.2, 0.25) is 5.60 Å². The van der Waals surface area contributed by atoms with Gasteiger partial charge in [0.15, 0.2) is 18.0 Å². The fourth-order valence-electron chi connectivity index (χ4n) is 4.69. The molecule has 0 radical (unpaired) electrons. The maximum absolute atomic E-state index is 13.0. The number of halogens is 3. The smallest absolute Gasteiger partial charge is 0.475 e. The number of hydrogen-bond donors (Lipinski definition) is 3. The molecule has 0 saturated carbocycles. The number of carboxylic acids is 1. The monoisotopic (exact) mass is 628 g/mol. The standard InChI is InChI=1S/C23H26N6O8.C2HF3O2/c1-22(2)5-16(30)35-18-14(9-33-21(32)34-12-7-26-8-12)37-23(10-24,19(18)36-17(31)6-22)15-4-3-13-20(25)27-11-28-29(13)15;3-2(4,5)1(6)7/h3-4,11-12,14,18-19,26H,5-9H2,1-2H3,(H2,25,27,28);(H,6,7)/t14-,18-,19-,23+;/m1./s1. The largest absolute Gasteiger partial charge is 0.508 e. The highest BCUT2D eigenvalue weighted by Gasteiger charge is 2.63. The lowest BCUT2D eigenvalue weighted by Crippen LogP contribution is -2.49. The van der Waals surface area contributed by atoms with Crippen LogP contribution in [0.15, 0.2) is 18.5 Å². The van der Waals surface area contributed by atoms with Crippen molar-refractivity contribution in [1.82, 2.24) is 19.9 Å². The van der Waals surface area contributed by atoms with Crippen molar-refractivity contribution in [3.63, 3.8) is 0 Å². The number of aromatic nitrogens is 3. The van der Waals surface area contributed by atoms with Gasteiger partial charge >= 0.3 is 30.2 Å². The van der Waals surface area contributed by atoms with Gasteiger partial charge in [-0.05, 0) is 17.5 Å². The summed E-state index contributed by atoms with van der Waals surface area (Å²) in [4.78, 5) is 50.9. The summed E-state index contributed by atoms with van der Waals surface area (Å²) in [5.74, 6) is -3.87. The molecular formula is C25H27F3N6O10. The van der Waals surface area contributed by atoms with Gasteiger partial charge in [-0.1, -0.05) is 13.8 Å². The summed E-state index contributed by atoms with van der Waals surface area (Å²) in [5, 5.41) is 24.7. The second-order valence-electron chi connectivity index (χ2n) is 10.8. The third kappa shape index (κ3) is 6.75. The first-order valence-corrected chi connectivity index (χ1v) is 13.0. The fraction of sp³-hybridized carbons (Fsp3) is 0.560. The Morgan fingerprint density at radius 2 is 1.86 bits per heavy atom. The maximum Gasteiger partial charge on any atom is 0.508 e. The summed E-state index contributed by atoms with van der Waals surface area (Å²) in [6.07, 6.45) is -9.15. The van der Waals surface area contributed by atoms with E-state index in [9.17, 15) is 32.8 Å². The first-order chi connectivity index (χ1) is 20.6. The second kappa shape index (κ2) is 12.1. The van der Waals surface area contributed by atoms with Crippen LogP contribution in [0.25, 0.3) is 5.52 Å². The van der Waals surface area contributed by atoms with Crippen molar-refractivity contribution in [3.8, 4) is 6.07 Å². The van der Waals surface area contributed by atoms with Crippen molar-refractivity contribution in [2.24, 2.45) is 5.41 Å². The van der Waals surface area contributed by atoms with Crippen LogP contribution in [0, 0.1) is 16.7 Å². The summed E-state index contributed by atoms with van der Waals surface area (Å²) in [6.45, 7) is 4.05. The van der Waals surface area contributed by atoms with Crippen LogP contribution in [-0.2, 0) is 43.7 Å². The zero-order valence-corrected chi connectivity index (χ0v) is 23.2. The van der Waals surface area contributed by atoms with Crippen molar-refractivity contribution in [2.75, 3.05) is 25.4 Å². The number of alkyl halides is 3. The predicted octanol–water partition coefficient (Wildman–Crippen LogP) is 0.831. The second-order valence-corrected chi connectivity index (χ2v) is 10.8. The van der Waals surface area contributed by atoms with E-state index in [4.69, 9.17) is 39.3 Å². The summed E-state index contributed by atoms with van der Waals surface area (Å²) < 4.78 is 61.1. The molecule has 238 valence electrons. The van der Waals surface area contributed by atoms with Gasteiger partial charge in [0.05, 0.1) is 18.5 Å². The van der Waals surface area contributed by atoms with E-state index in [1.807, 2.05) is 0 Å². The maximum atomic E-state index is 13.0. The van der Waals surface area contributed by atoms with E-state index in [0.29, 0.717) is 18.6 Å². The van der Waals surface area contributed by atoms with Crippen molar-refractivity contribution in [2.45, 2.75) is 62.9 Å². The first kappa shape index (κ1) is 32.2. The van der Waals surface area contributed by atoms with E-state index in [2.05, 4.69) is 21.5 Å². The van der Waals surface area contributed by atoms with Crippen molar-refractivity contribution in [3.05, 3.63) is 24.2 Å². The summed E-state index contributed by atoms with van der Waals surface area (Å²) in [6, 6.07) is 5.21. The SMILES string of the molecule is CC1(C)CC(=O)O[C@H]2[C@@H](OC(=O)C1)[C@](C#N)(c1ccc3c(N)ncnn13)O[C@@H]2COC(=O)OC1CNC1.O=C(O)C(F)(F)F. The number of fused-ring (bicyclic) bond motifs is 2. The molecule has 2 aromatic rings. The van der Waals surface area contributed by atoms with Crippen molar-refractivity contribution >= 4 is 35.4 Å². The molecule has 3 aliphatic rings. The Bertz CT molecular complexity index is 1490. The number of ether oxygens (including phenoxy) is 5. The number of anilines is 1. The molecule has 3 saturated heterocycles. The lowest BCUT2D eigenvalue weighted by atomic mass is 9.86. The van der Waals surface area contributed by atoms with Crippen molar-refractivity contribution in [1.29, 1.82) is 5.26 Å². The number of hydrogen-bond acceptors (Lipinski definition) is 14. The molecule has 5 rings (SSSR count). The average molecular weight is 629 g/mol. The Kier molecular flexibility index (Phi) is 8.88. The van der Waals surface area contributed by atoms with E-state index < -0.39 is 66.2 Å². The molecule has 16 nitrogen and oxygen atoms in total. The number of nitrogens with zero attached hydrogens (tertiary/aromatic N) is 4. The Morgan fingerprint density at radius 3 is 2.43 bits per heavy atom. The molecule has 5 heterocycles. The number of carbonyl (C=O) groups is 4. The van der Waals surface area contributed by atoms with E-state index in [0.717, 1.165) is 0 Å². The first-order valence-electron chi connectivity index (χ1n) is 13.0. The molecule has 44 heavy (non-hydrogen) atoms. The van der Waals surface area contributed by atoms with Gasteiger partial charge in [0.1, 0.15) is 36.7 Å². The number of nitrogens with one attached hydrogen (secondary N) is 1. The Hall–Kier alpha value is -4.70. The highest BCUT2D eigenvalue weighted by atomic mass is 19.4.